The molecule has 0 bridgehead atoms. The highest BCUT2D eigenvalue weighted by molar-refractivity contribution is 7.92. The molecule has 0 spiro atoms. The molecule has 0 aliphatic heterocycles. The van der Waals surface area contributed by atoms with Gasteiger partial charge in [-0.25, -0.2) is 8.42 Å². The number of nitro benzene ring substituents is 1. The largest absolute Gasteiger partial charge is 0.502 e. The summed E-state index contributed by atoms with van der Waals surface area (Å²) in [5.74, 6) is -0.913. The van der Waals surface area contributed by atoms with E-state index >= 15 is 0 Å². The molecule has 3 aromatic rings. The molecule has 0 saturated heterocycles. The number of hydrogen-bond donors (Lipinski definition) is 3. The van der Waals surface area contributed by atoms with Crippen LogP contribution in [0.2, 0.25) is 0 Å². The number of carbonyl (C=O) groups is 1. The number of amides is 1. The van der Waals surface area contributed by atoms with Gasteiger partial charge in [0.25, 0.3) is 15.9 Å². The van der Waals surface area contributed by atoms with Gasteiger partial charge in [-0.3, -0.25) is 19.6 Å². The zero-order valence-corrected chi connectivity index (χ0v) is 17.1. The fraction of sp³-hybridized carbons (Fsp3) is 0.105. The summed E-state index contributed by atoms with van der Waals surface area (Å²) in [7, 11) is -4.12. The molecule has 156 valence electrons. The Bertz CT molecular complexity index is 1160. The van der Waals surface area contributed by atoms with Crippen molar-refractivity contribution in [3.8, 4) is 5.75 Å². The fourth-order valence-electron chi connectivity index (χ4n) is 2.58. The molecule has 30 heavy (non-hydrogen) atoms. The number of aromatic hydroxyl groups is 1. The average Bonchev–Trinajstić information content (AvgIpc) is 3.21. The number of nitro groups is 1. The first kappa shape index (κ1) is 21.3. The molecule has 3 rings (SSSR count). The maximum absolute atomic E-state index is 12.5. The van der Waals surface area contributed by atoms with Crippen molar-refractivity contribution < 1.29 is 23.2 Å². The van der Waals surface area contributed by atoms with E-state index < -0.39 is 26.4 Å². The molecule has 0 saturated carbocycles. The number of hydrogen-bond acceptors (Lipinski definition) is 7. The Labute approximate surface area is 176 Å². The van der Waals surface area contributed by atoms with Crippen LogP contribution in [0.25, 0.3) is 0 Å². The molecular formula is C19H17N3O6S2. The SMILES string of the molecule is O=C(NCCc1cccs1)c1ccc(NS(=O)(=O)c2ccc(O)c([N+](=O)[O-])c2)cc1. The third kappa shape index (κ3) is 5.13. The van der Waals surface area contributed by atoms with Gasteiger partial charge in [0, 0.05) is 28.7 Å². The highest BCUT2D eigenvalue weighted by atomic mass is 32.2. The first-order valence-corrected chi connectivity index (χ1v) is 11.0. The quantitative estimate of drug-likeness (QED) is 0.358. The van der Waals surface area contributed by atoms with Gasteiger partial charge in [-0.05, 0) is 54.3 Å². The van der Waals surface area contributed by atoms with Gasteiger partial charge in [-0.2, -0.15) is 0 Å². The topological polar surface area (TPSA) is 139 Å². The molecule has 0 aliphatic carbocycles. The van der Waals surface area contributed by atoms with Gasteiger partial charge in [0.2, 0.25) is 0 Å². The summed E-state index contributed by atoms with van der Waals surface area (Å²) in [5.41, 5.74) is -0.169. The fourth-order valence-corrected chi connectivity index (χ4v) is 4.36. The van der Waals surface area contributed by atoms with E-state index in [-0.39, 0.29) is 16.5 Å². The van der Waals surface area contributed by atoms with Crippen molar-refractivity contribution in [2.45, 2.75) is 11.3 Å². The van der Waals surface area contributed by atoms with Crippen molar-refractivity contribution in [3.05, 3.63) is 80.5 Å². The van der Waals surface area contributed by atoms with Crippen LogP contribution in [0.4, 0.5) is 11.4 Å². The number of thiophene rings is 1. The third-order valence-electron chi connectivity index (χ3n) is 4.09. The molecule has 1 aromatic heterocycles. The molecule has 0 fully saturated rings. The first-order valence-electron chi connectivity index (χ1n) is 8.67. The van der Waals surface area contributed by atoms with Crippen LogP contribution in [0.3, 0.4) is 0 Å². The summed E-state index contributed by atoms with van der Waals surface area (Å²) in [6.07, 6.45) is 0.722. The summed E-state index contributed by atoms with van der Waals surface area (Å²) in [6.45, 7) is 0.480. The van der Waals surface area contributed by atoms with Crippen molar-refractivity contribution in [3.63, 3.8) is 0 Å². The molecule has 1 heterocycles. The molecule has 11 heteroatoms. The van der Waals surface area contributed by atoms with Crippen molar-refractivity contribution in [2.75, 3.05) is 11.3 Å². The number of phenolic OH excluding ortho intramolecular Hbond substituents is 1. The zero-order chi connectivity index (χ0) is 21.7. The van der Waals surface area contributed by atoms with E-state index in [2.05, 4.69) is 10.0 Å². The van der Waals surface area contributed by atoms with Crippen molar-refractivity contribution in [1.29, 1.82) is 0 Å². The number of carbonyl (C=O) groups excluding carboxylic acids is 1. The van der Waals surface area contributed by atoms with Crippen LogP contribution in [-0.4, -0.2) is 30.9 Å². The molecule has 0 atom stereocenters. The van der Waals surface area contributed by atoms with Gasteiger partial charge in [-0.15, -0.1) is 11.3 Å². The molecule has 0 radical (unpaired) electrons. The predicted octanol–water partition coefficient (Wildman–Crippen LogP) is 3.14. The minimum absolute atomic E-state index is 0.181. The maximum Gasteiger partial charge on any atom is 0.312 e. The van der Waals surface area contributed by atoms with Gasteiger partial charge < -0.3 is 10.4 Å². The van der Waals surface area contributed by atoms with Crippen LogP contribution in [0.5, 0.6) is 5.75 Å². The second kappa shape index (κ2) is 8.93. The Hall–Kier alpha value is -3.44. The van der Waals surface area contributed by atoms with E-state index in [9.17, 15) is 28.4 Å². The van der Waals surface area contributed by atoms with E-state index in [4.69, 9.17) is 0 Å². The van der Waals surface area contributed by atoms with E-state index in [0.717, 1.165) is 29.5 Å². The molecule has 1 amide bonds. The summed E-state index contributed by atoms with van der Waals surface area (Å²) in [6, 6.07) is 12.5. The van der Waals surface area contributed by atoms with E-state index in [1.54, 1.807) is 11.3 Å². The number of phenols is 1. The van der Waals surface area contributed by atoms with Gasteiger partial charge in [0.05, 0.1) is 9.82 Å². The summed E-state index contributed by atoms with van der Waals surface area (Å²) in [5, 5.41) is 25.1. The lowest BCUT2D eigenvalue weighted by Crippen LogP contribution is -2.25. The third-order valence-corrected chi connectivity index (χ3v) is 6.41. The molecule has 3 N–H and O–H groups in total. The second-order valence-corrected chi connectivity index (χ2v) is 8.89. The monoisotopic (exact) mass is 447 g/mol. The maximum atomic E-state index is 12.5. The summed E-state index contributed by atoms with van der Waals surface area (Å²) < 4.78 is 27.2. The molecule has 9 nitrogen and oxygen atoms in total. The Balaban J connectivity index is 1.65. The predicted molar refractivity (Wildman–Crippen MR) is 112 cm³/mol. The van der Waals surface area contributed by atoms with E-state index in [0.29, 0.717) is 12.1 Å². The van der Waals surface area contributed by atoms with Crippen LogP contribution in [0.1, 0.15) is 15.2 Å². The Morgan fingerprint density at radius 2 is 1.87 bits per heavy atom. The number of nitrogens with zero attached hydrogens (tertiary/aromatic N) is 1. The van der Waals surface area contributed by atoms with Crippen LogP contribution in [0.15, 0.2) is 64.9 Å². The minimum atomic E-state index is -4.12. The number of nitrogens with one attached hydrogen (secondary N) is 2. The lowest BCUT2D eigenvalue weighted by Gasteiger charge is -2.09. The second-order valence-electron chi connectivity index (χ2n) is 6.18. The Morgan fingerprint density at radius 3 is 2.50 bits per heavy atom. The number of anilines is 1. The normalized spacial score (nSPS) is 11.1. The zero-order valence-electron chi connectivity index (χ0n) is 15.4. The summed E-state index contributed by atoms with van der Waals surface area (Å²) >= 11 is 1.61. The smallest absolute Gasteiger partial charge is 0.312 e. The highest BCUT2D eigenvalue weighted by Crippen LogP contribution is 2.29. The van der Waals surface area contributed by atoms with Crippen molar-refractivity contribution in [2.24, 2.45) is 0 Å². The molecule has 2 aromatic carbocycles. The van der Waals surface area contributed by atoms with Gasteiger partial charge >= 0.3 is 5.69 Å². The number of sulfonamides is 1. The van der Waals surface area contributed by atoms with E-state index in [1.165, 1.54) is 24.3 Å². The number of benzene rings is 2. The van der Waals surface area contributed by atoms with Crippen molar-refractivity contribution >= 4 is 38.6 Å². The lowest BCUT2D eigenvalue weighted by atomic mass is 10.2. The Kier molecular flexibility index (Phi) is 6.33. The van der Waals surface area contributed by atoms with Crippen LogP contribution >= 0.6 is 11.3 Å². The van der Waals surface area contributed by atoms with Crippen LogP contribution in [0, 0.1) is 10.1 Å². The van der Waals surface area contributed by atoms with Crippen molar-refractivity contribution in [1.82, 2.24) is 5.32 Å². The molecular weight excluding hydrogens is 430 g/mol. The molecule has 0 unspecified atom stereocenters. The molecule has 0 aliphatic rings. The van der Waals surface area contributed by atoms with Gasteiger partial charge in [0.15, 0.2) is 5.75 Å². The van der Waals surface area contributed by atoms with Gasteiger partial charge in [-0.1, -0.05) is 6.07 Å². The number of rotatable bonds is 8. The van der Waals surface area contributed by atoms with Gasteiger partial charge in [0.1, 0.15) is 0 Å². The van der Waals surface area contributed by atoms with E-state index in [1.807, 2.05) is 17.5 Å². The Morgan fingerprint density at radius 1 is 1.13 bits per heavy atom. The van der Waals surface area contributed by atoms with Crippen LogP contribution < -0.4 is 10.0 Å². The minimum Gasteiger partial charge on any atom is -0.502 e. The average molecular weight is 447 g/mol. The standard InChI is InChI=1S/C19H17N3O6S2/c23-18-8-7-16(12-17(18)22(25)26)30(27,28)21-14-5-3-13(4-6-14)19(24)20-10-9-15-2-1-11-29-15/h1-8,11-12,21,23H,9-10H2,(H,20,24). The highest BCUT2D eigenvalue weighted by Gasteiger charge is 2.21. The lowest BCUT2D eigenvalue weighted by molar-refractivity contribution is -0.386. The summed E-state index contributed by atoms with van der Waals surface area (Å²) in [4.78, 5) is 23.0. The first-order chi connectivity index (χ1) is 14.3. The van der Waals surface area contributed by atoms with Crippen LogP contribution in [-0.2, 0) is 16.4 Å².